The van der Waals surface area contributed by atoms with Gasteiger partial charge in [0.1, 0.15) is 0 Å². The lowest BCUT2D eigenvalue weighted by Gasteiger charge is -2.35. The number of rotatable bonds is 5. The van der Waals surface area contributed by atoms with Gasteiger partial charge in [0.15, 0.2) is 0 Å². The Morgan fingerprint density at radius 2 is 1.86 bits per heavy atom. The van der Waals surface area contributed by atoms with E-state index >= 15 is 0 Å². The standard InChI is InChI=1S/C15H23ClN2O2S/c1-17(2)15-4-3-9-18(11-15)21(19,20)12-14-7-5-13(10-16)6-8-14/h5-8,15H,3-4,9-12H2,1-2H3. The zero-order valence-corrected chi connectivity index (χ0v) is 14.2. The van der Waals surface area contributed by atoms with Gasteiger partial charge in [-0.1, -0.05) is 24.3 Å². The van der Waals surface area contributed by atoms with Crippen LogP contribution in [-0.4, -0.2) is 50.8 Å². The molecule has 0 saturated carbocycles. The third kappa shape index (κ3) is 4.42. The van der Waals surface area contributed by atoms with Crippen molar-refractivity contribution in [2.45, 2.75) is 30.5 Å². The number of hydrogen-bond acceptors (Lipinski definition) is 3. The van der Waals surface area contributed by atoms with Gasteiger partial charge >= 0.3 is 0 Å². The average Bonchev–Trinajstić information content (AvgIpc) is 2.48. The van der Waals surface area contributed by atoms with Crippen molar-refractivity contribution in [1.29, 1.82) is 0 Å². The van der Waals surface area contributed by atoms with Gasteiger partial charge in [-0.15, -0.1) is 11.6 Å². The minimum atomic E-state index is -3.25. The highest BCUT2D eigenvalue weighted by atomic mass is 35.5. The number of halogens is 1. The molecule has 1 aromatic carbocycles. The number of sulfonamides is 1. The van der Waals surface area contributed by atoms with Crippen molar-refractivity contribution >= 4 is 21.6 Å². The molecule has 0 N–H and O–H groups in total. The smallest absolute Gasteiger partial charge is 0.218 e. The normalized spacial score (nSPS) is 20.9. The van der Waals surface area contributed by atoms with Crippen LogP contribution in [0.5, 0.6) is 0 Å². The Balaban J connectivity index is 2.06. The SMILES string of the molecule is CN(C)C1CCCN(S(=O)(=O)Cc2ccc(CCl)cc2)C1. The first-order valence-corrected chi connectivity index (χ1v) is 9.35. The molecule has 0 aliphatic carbocycles. The molecule has 1 atom stereocenters. The summed E-state index contributed by atoms with van der Waals surface area (Å²) in [6.45, 7) is 1.22. The van der Waals surface area contributed by atoms with Crippen LogP contribution in [0.2, 0.25) is 0 Å². The van der Waals surface area contributed by atoms with Crippen molar-refractivity contribution < 1.29 is 8.42 Å². The van der Waals surface area contributed by atoms with Gasteiger partial charge in [0.05, 0.1) is 5.75 Å². The van der Waals surface area contributed by atoms with E-state index in [0.29, 0.717) is 25.0 Å². The van der Waals surface area contributed by atoms with Crippen molar-refractivity contribution in [1.82, 2.24) is 9.21 Å². The monoisotopic (exact) mass is 330 g/mol. The lowest BCUT2D eigenvalue weighted by Crippen LogP contribution is -2.47. The molecule has 118 valence electrons. The molecule has 4 nitrogen and oxygen atoms in total. The number of piperidine rings is 1. The molecular weight excluding hydrogens is 308 g/mol. The van der Waals surface area contributed by atoms with Crippen LogP contribution in [0.15, 0.2) is 24.3 Å². The minimum absolute atomic E-state index is 0.0652. The predicted molar refractivity (Wildman–Crippen MR) is 86.9 cm³/mol. The van der Waals surface area contributed by atoms with Gasteiger partial charge in [-0.3, -0.25) is 0 Å². The number of hydrogen-bond donors (Lipinski definition) is 0. The van der Waals surface area contributed by atoms with Crippen LogP contribution >= 0.6 is 11.6 Å². The Morgan fingerprint density at radius 3 is 2.43 bits per heavy atom. The lowest BCUT2D eigenvalue weighted by molar-refractivity contribution is 0.190. The van der Waals surface area contributed by atoms with Crippen LogP contribution in [0, 0.1) is 0 Å². The third-order valence-corrected chi connectivity index (χ3v) is 6.13. The van der Waals surface area contributed by atoms with Crippen LogP contribution in [0.25, 0.3) is 0 Å². The van der Waals surface area contributed by atoms with Crippen LogP contribution in [-0.2, 0) is 21.7 Å². The van der Waals surface area contributed by atoms with Crippen molar-refractivity contribution in [3.8, 4) is 0 Å². The Hall–Kier alpha value is -0.620. The molecule has 0 radical (unpaired) electrons. The third-order valence-electron chi connectivity index (χ3n) is 4.01. The van der Waals surface area contributed by atoms with Crippen LogP contribution in [0.4, 0.5) is 0 Å². The van der Waals surface area contributed by atoms with Gasteiger partial charge in [-0.05, 0) is 38.1 Å². The summed E-state index contributed by atoms with van der Waals surface area (Å²) in [6, 6.07) is 7.78. The summed E-state index contributed by atoms with van der Waals surface area (Å²) in [6.07, 6.45) is 1.98. The van der Waals surface area contributed by atoms with E-state index in [0.717, 1.165) is 24.0 Å². The van der Waals surface area contributed by atoms with E-state index in [1.165, 1.54) is 0 Å². The Kier molecular flexibility index (Phi) is 5.66. The number of alkyl halides is 1. The summed E-state index contributed by atoms with van der Waals surface area (Å²) in [5.74, 6) is 0.513. The maximum Gasteiger partial charge on any atom is 0.218 e. The topological polar surface area (TPSA) is 40.6 Å². The average molecular weight is 331 g/mol. The van der Waals surface area contributed by atoms with Gasteiger partial charge < -0.3 is 4.90 Å². The highest BCUT2D eigenvalue weighted by Crippen LogP contribution is 2.20. The largest absolute Gasteiger partial charge is 0.305 e. The quantitative estimate of drug-likeness (QED) is 0.778. The summed E-state index contributed by atoms with van der Waals surface area (Å²) >= 11 is 5.75. The van der Waals surface area contributed by atoms with Crippen LogP contribution in [0.3, 0.4) is 0 Å². The first-order chi connectivity index (χ1) is 9.92. The first kappa shape index (κ1) is 16.7. The molecular formula is C15H23ClN2O2S. The number of benzene rings is 1. The van der Waals surface area contributed by atoms with E-state index < -0.39 is 10.0 Å². The second-order valence-corrected chi connectivity index (χ2v) is 8.06. The Morgan fingerprint density at radius 1 is 1.24 bits per heavy atom. The zero-order chi connectivity index (χ0) is 15.5. The van der Waals surface area contributed by atoms with E-state index in [-0.39, 0.29) is 5.75 Å². The fourth-order valence-electron chi connectivity index (χ4n) is 2.62. The molecule has 1 unspecified atom stereocenters. The Labute approximate surface area is 132 Å². The summed E-state index contributed by atoms with van der Waals surface area (Å²) in [5.41, 5.74) is 1.82. The Bertz CT molecular complexity index is 558. The van der Waals surface area contributed by atoms with Crippen molar-refractivity contribution in [3.05, 3.63) is 35.4 Å². The predicted octanol–water partition coefficient (Wildman–Crippen LogP) is 2.28. The molecule has 1 saturated heterocycles. The highest BCUT2D eigenvalue weighted by Gasteiger charge is 2.29. The summed E-state index contributed by atoms with van der Waals surface area (Å²) in [7, 11) is 0.763. The van der Waals surface area contributed by atoms with E-state index in [9.17, 15) is 8.42 Å². The first-order valence-electron chi connectivity index (χ1n) is 7.20. The fourth-order valence-corrected chi connectivity index (χ4v) is 4.40. The minimum Gasteiger partial charge on any atom is -0.305 e. The van der Waals surface area contributed by atoms with Gasteiger partial charge in [0.2, 0.25) is 10.0 Å². The fraction of sp³-hybridized carbons (Fsp3) is 0.600. The second-order valence-electron chi connectivity index (χ2n) is 5.82. The molecule has 1 aromatic rings. The molecule has 21 heavy (non-hydrogen) atoms. The zero-order valence-electron chi connectivity index (χ0n) is 12.6. The van der Waals surface area contributed by atoms with Crippen molar-refractivity contribution in [2.24, 2.45) is 0 Å². The van der Waals surface area contributed by atoms with Crippen molar-refractivity contribution in [2.75, 3.05) is 27.2 Å². The van der Waals surface area contributed by atoms with Gasteiger partial charge in [0, 0.05) is 25.0 Å². The lowest BCUT2D eigenvalue weighted by atomic mass is 10.1. The summed E-state index contributed by atoms with van der Waals surface area (Å²) in [5, 5.41) is 0. The molecule has 1 fully saturated rings. The maximum atomic E-state index is 12.6. The summed E-state index contributed by atoms with van der Waals surface area (Å²) in [4.78, 5) is 2.11. The molecule has 2 rings (SSSR count). The van der Waals surface area contributed by atoms with E-state index in [4.69, 9.17) is 11.6 Å². The molecule has 0 aromatic heterocycles. The molecule has 0 spiro atoms. The molecule has 1 aliphatic heterocycles. The van der Waals surface area contributed by atoms with Crippen molar-refractivity contribution in [3.63, 3.8) is 0 Å². The molecule has 0 amide bonds. The van der Waals surface area contributed by atoms with Gasteiger partial charge in [-0.2, -0.15) is 0 Å². The van der Waals surface area contributed by atoms with Gasteiger partial charge in [-0.25, -0.2) is 12.7 Å². The molecule has 0 bridgehead atoms. The van der Waals surface area contributed by atoms with E-state index in [1.807, 2.05) is 38.4 Å². The number of likely N-dealkylation sites (N-methyl/N-ethyl adjacent to an activating group) is 1. The number of nitrogens with zero attached hydrogens (tertiary/aromatic N) is 2. The summed E-state index contributed by atoms with van der Waals surface area (Å²) < 4.78 is 26.8. The van der Waals surface area contributed by atoms with Crippen LogP contribution in [0.1, 0.15) is 24.0 Å². The van der Waals surface area contributed by atoms with Gasteiger partial charge in [0.25, 0.3) is 0 Å². The highest BCUT2D eigenvalue weighted by molar-refractivity contribution is 7.88. The second kappa shape index (κ2) is 7.09. The van der Waals surface area contributed by atoms with E-state index in [2.05, 4.69) is 4.90 Å². The molecule has 1 aliphatic rings. The molecule has 1 heterocycles. The molecule has 6 heteroatoms. The van der Waals surface area contributed by atoms with Crippen LogP contribution < -0.4 is 0 Å². The van der Waals surface area contributed by atoms with E-state index in [1.54, 1.807) is 4.31 Å². The maximum absolute atomic E-state index is 12.6.